The Morgan fingerprint density at radius 2 is 2.00 bits per heavy atom. The lowest BCUT2D eigenvalue weighted by molar-refractivity contribution is 0.958. The van der Waals surface area contributed by atoms with Gasteiger partial charge in [-0.15, -0.1) is 0 Å². The van der Waals surface area contributed by atoms with E-state index in [-0.39, 0.29) is 0 Å². The minimum Gasteiger partial charge on any atom is -0.0847 e. The molecule has 0 aromatic heterocycles. The Kier molecular flexibility index (Phi) is 5.42. The Balaban J connectivity index is 0.000000371. The molecule has 0 aromatic rings. The number of hydrogen-bond acceptors (Lipinski definition) is 0. The van der Waals surface area contributed by atoms with E-state index in [1.54, 1.807) is 0 Å². The van der Waals surface area contributed by atoms with Crippen molar-refractivity contribution in [1.82, 2.24) is 0 Å². The van der Waals surface area contributed by atoms with Crippen molar-refractivity contribution in [3.05, 3.63) is 22.8 Å². The van der Waals surface area contributed by atoms with E-state index in [1.807, 2.05) is 19.9 Å². The van der Waals surface area contributed by atoms with Crippen molar-refractivity contribution in [2.45, 2.75) is 33.6 Å². The summed E-state index contributed by atoms with van der Waals surface area (Å²) in [6, 6.07) is 0. The van der Waals surface area contributed by atoms with Crippen LogP contribution in [-0.4, -0.2) is 0 Å². The largest absolute Gasteiger partial charge is 0.0847 e. The second-order valence-electron chi connectivity index (χ2n) is 2.12. The van der Waals surface area contributed by atoms with Crippen molar-refractivity contribution in [3.63, 3.8) is 0 Å². The maximum Gasteiger partial charge on any atom is 0.0365 e. The Morgan fingerprint density at radius 1 is 1.40 bits per heavy atom. The maximum atomic E-state index is 5.70. The van der Waals surface area contributed by atoms with Crippen LogP contribution in [0, 0.1) is 0 Å². The molecule has 0 aromatic carbocycles. The Hall–Kier alpha value is -0.230. The highest BCUT2D eigenvalue weighted by Gasteiger charge is 1.96. The molecule has 1 heteroatoms. The van der Waals surface area contributed by atoms with Gasteiger partial charge in [-0.1, -0.05) is 37.1 Å². The molecule has 0 spiro atoms. The minimum absolute atomic E-state index is 0.897. The molecular formula is C9H15Cl. The minimum atomic E-state index is 0.897. The van der Waals surface area contributed by atoms with Crippen LogP contribution in [0.2, 0.25) is 0 Å². The molecule has 0 N–H and O–H groups in total. The Labute approximate surface area is 68.6 Å². The third-order valence-electron chi connectivity index (χ3n) is 1.26. The lowest BCUT2D eigenvalue weighted by Crippen LogP contribution is -1.82. The highest BCUT2D eigenvalue weighted by atomic mass is 35.5. The average Bonchev–Trinajstić information content (AvgIpc) is 1.91. The molecule has 0 atom stereocenters. The molecule has 1 rings (SSSR count). The van der Waals surface area contributed by atoms with Gasteiger partial charge in [-0.3, -0.25) is 0 Å². The summed E-state index contributed by atoms with van der Waals surface area (Å²) in [6.07, 6.45) is 6.36. The average molecular weight is 159 g/mol. The van der Waals surface area contributed by atoms with Crippen LogP contribution in [0.15, 0.2) is 22.8 Å². The Morgan fingerprint density at radius 3 is 2.30 bits per heavy atom. The van der Waals surface area contributed by atoms with Gasteiger partial charge in [0.05, 0.1) is 0 Å². The molecule has 0 unspecified atom stereocenters. The quantitative estimate of drug-likeness (QED) is 0.502. The number of halogens is 1. The van der Waals surface area contributed by atoms with E-state index in [0.717, 1.165) is 11.5 Å². The predicted molar refractivity (Wildman–Crippen MR) is 48.3 cm³/mol. The highest BCUT2D eigenvalue weighted by molar-refractivity contribution is 6.31. The van der Waals surface area contributed by atoms with Gasteiger partial charge in [-0.05, 0) is 25.8 Å². The van der Waals surface area contributed by atoms with E-state index in [1.165, 1.54) is 12.0 Å². The van der Waals surface area contributed by atoms with Crippen molar-refractivity contribution in [1.29, 1.82) is 0 Å². The van der Waals surface area contributed by atoms with E-state index >= 15 is 0 Å². The summed E-state index contributed by atoms with van der Waals surface area (Å²) >= 11 is 5.70. The molecule has 0 nitrogen and oxygen atoms in total. The topological polar surface area (TPSA) is 0 Å². The highest BCUT2D eigenvalue weighted by Crippen LogP contribution is 2.18. The summed E-state index contributed by atoms with van der Waals surface area (Å²) in [5.41, 5.74) is 1.39. The van der Waals surface area contributed by atoms with Crippen LogP contribution in [0.5, 0.6) is 0 Å². The summed E-state index contributed by atoms with van der Waals surface area (Å²) in [7, 11) is 0. The second kappa shape index (κ2) is 5.55. The van der Waals surface area contributed by atoms with Gasteiger partial charge >= 0.3 is 0 Å². The monoisotopic (exact) mass is 158 g/mol. The maximum absolute atomic E-state index is 5.70. The molecule has 0 radical (unpaired) electrons. The van der Waals surface area contributed by atoms with Gasteiger partial charge in [-0.2, -0.15) is 0 Å². The van der Waals surface area contributed by atoms with Gasteiger partial charge in [0.1, 0.15) is 0 Å². The second-order valence-corrected chi connectivity index (χ2v) is 2.55. The molecule has 0 amide bonds. The van der Waals surface area contributed by atoms with Crippen LogP contribution >= 0.6 is 11.6 Å². The van der Waals surface area contributed by atoms with E-state index in [9.17, 15) is 0 Å². The lowest BCUT2D eigenvalue weighted by atomic mass is 10.1. The zero-order chi connectivity index (χ0) is 7.98. The fourth-order valence-electron chi connectivity index (χ4n) is 0.804. The molecular weight excluding hydrogens is 144 g/mol. The van der Waals surface area contributed by atoms with Gasteiger partial charge < -0.3 is 0 Å². The zero-order valence-electron chi connectivity index (χ0n) is 6.95. The first-order valence-electron chi connectivity index (χ1n) is 3.82. The fraction of sp³-hybridized carbons (Fsp3) is 0.556. The SMILES string of the molecule is CC.CC1=CC(Cl)=CCC1. The van der Waals surface area contributed by atoms with Gasteiger partial charge in [0.25, 0.3) is 0 Å². The first kappa shape index (κ1) is 9.77. The molecule has 1 aliphatic rings. The third kappa shape index (κ3) is 3.73. The van der Waals surface area contributed by atoms with Crippen LogP contribution < -0.4 is 0 Å². The van der Waals surface area contributed by atoms with Crippen LogP contribution in [0.3, 0.4) is 0 Å². The Bertz CT molecular complexity index is 143. The van der Waals surface area contributed by atoms with E-state index < -0.39 is 0 Å². The first-order chi connectivity index (χ1) is 4.79. The van der Waals surface area contributed by atoms with Crippen LogP contribution in [0.4, 0.5) is 0 Å². The molecule has 0 heterocycles. The standard InChI is InChI=1S/C7H9Cl.C2H6/c1-6-3-2-4-7(8)5-6;1-2/h4-5H,2-3H2,1H3;1-2H3. The van der Waals surface area contributed by atoms with Gasteiger partial charge in [-0.25, -0.2) is 0 Å². The van der Waals surface area contributed by atoms with Crippen LogP contribution in [0.25, 0.3) is 0 Å². The van der Waals surface area contributed by atoms with Crippen LogP contribution in [0.1, 0.15) is 33.6 Å². The zero-order valence-corrected chi connectivity index (χ0v) is 7.70. The van der Waals surface area contributed by atoms with Crippen molar-refractivity contribution in [2.24, 2.45) is 0 Å². The van der Waals surface area contributed by atoms with Crippen LogP contribution in [-0.2, 0) is 0 Å². The molecule has 10 heavy (non-hydrogen) atoms. The summed E-state index contributed by atoms with van der Waals surface area (Å²) in [6.45, 7) is 6.11. The van der Waals surface area contributed by atoms with Gasteiger partial charge in [0, 0.05) is 5.03 Å². The molecule has 0 bridgehead atoms. The van der Waals surface area contributed by atoms with Crippen molar-refractivity contribution in [3.8, 4) is 0 Å². The smallest absolute Gasteiger partial charge is 0.0365 e. The molecule has 0 saturated carbocycles. The molecule has 58 valence electrons. The van der Waals surface area contributed by atoms with E-state index in [0.29, 0.717) is 0 Å². The number of rotatable bonds is 0. The summed E-state index contributed by atoms with van der Waals surface area (Å²) in [5, 5.41) is 0.897. The summed E-state index contributed by atoms with van der Waals surface area (Å²) in [4.78, 5) is 0. The summed E-state index contributed by atoms with van der Waals surface area (Å²) < 4.78 is 0. The predicted octanol–water partition coefficient (Wildman–Crippen LogP) is 3.88. The normalized spacial score (nSPS) is 16.4. The molecule has 1 aliphatic carbocycles. The molecule has 0 saturated heterocycles. The van der Waals surface area contributed by atoms with Crippen molar-refractivity contribution >= 4 is 11.6 Å². The number of hydrogen-bond donors (Lipinski definition) is 0. The molecule has 0 fully saturated rings. The van der Waals surface area contributed by atoms with Gasteiger partial charge in [0.2, 0.25) is 0 Å². The number of allylic oxidation sites excluding steroid dienone is 4. The first-order valence-corrected chi connectivity index (χ1v) is 4.19. The fourth-order valence-corrected chi connectivity index (χ4v) is 1.10. The van der Waals surface area contributed by atoms with E-state index in [2.05, 4.69) is 13.0 Å². The van der Waals surface area contributed by atoms with Crippen molar-refractivity contribution < 1.29 is 0 Å². The van der Waals surface area contributed by atoms with E-state index in [4.69, 9.17) is 11.6 Å². The third-order valence-corrected chi connectivity index (χ3v) is 1.53. The van der Waals surface area contributed by atoms with Gasteiger partial charge in [0.15, 0.2) is 0 Å². The molecule has 0 aliphatic heterocycles. The summed E-state index contributed by atoms with van der Waals surface area (Å²) in [5.74, 6) is 0. The van der Waals surface area contributed by atoms with Crippen molar-refractivity contribution in [2.75, 3.05) is 0 Å². The lowest BCUT2D eigenvalue weighted by Gasteiger charge is -2.03.